The Morgan fingerprint density at radius 2 is 1.86 bits per heavy atom. The molecular formula is C28H39N7O. The number of likely N-dealkylation sites (tertiary alicyclic amines) is 1. The molecule has 1 N–H and O–H groups in total. The van der Waals surface area contributed by atoms with E-state index >= 15 is 0 Å². The van der Waals surface area contributed by atoms with Gasteiger partial charge in [0.25, 0.3) is 0 Å². The minimum absolute atomic E-state index is 0.0263. The minimum Gasteiger partial charge on any atom is -0.328 e. The van der Waals surface area contributed by atoms with Gasteiger partial charge >= 0.3 is 6.03 Å². The first-order valence-corrected chi connectivity index (χ1v) is 13.2. The van der Waals surface area contributed by atoms with Crippen LogP contribution < -0.4 is 0 Å². The molecule has 192 valence electrons. The molecule has 0 bridgehead atoms. The molecule has 1 aliphatic heterocycles. The van der Waals surface area contributed by atoms with Crippen molar-refractivity contribution >= 4 is 6.03 Å². The third kappa shape index (κ3) is 5.04. The zero-order valence-corrected chi connectivity index (χ0v) is 22.5. The van der Waals surface area contributed by atoms with E-state index in [1.807, 2.05) is 21.5 Å². The van der Waals surface area contributed by atoms with Gasteiger partial charge in [-0.15, -0.1) is 0 Å². The number of rotatable bonds is 7. The van der Waals surface area contributed by atoms with Crippen molar-refractivity contribution < 1.29 is 4.79 Å². The van der Waals surface area contributed by atoms with E-state index in [4.69, 9.17) is 5.10 Å². The lowest BCUT2D eigenvalue weighted by atomic mass is 9.91. The zero-order chi connectivity index (χ0) is 25.6. The number of hydrogen-bond donors (Lipinski definition) is 1. The Labute approximate surface area is 214 Å². The number of nitrogens with zero attached hydrogens (tertiary/aromatic N) is 6. The van der Waals surface area contributed by atoms with Gasteiger partial charge in [0.15, 0.2) is 5.82 Å². The van der Waals surface area contributed by atoms with E-state index in [0.717, 1.165) is 48.2 Å². The van der Waals surface area contributed by atoms with Gasteiger partial charge in [-0.3, -0.25) is 5.10 Å². The SMILES string of the molecule is Cc1cc(C(C)(C)C)nn1-c1ccc(C2CN(C(=O)N(C)CCC(C)c3n[nH]c(C4CC4)n3)C2)cc1. The van der Waals surface area contributed by atoms with Crippen LogP contribution in [0.3, 0.4) is 0 Å². The summed E-state index contributed by atoms with van der Waals surface area (Å²) < 4.78 is 2.02. The zero-order valence-electron chi connectivity index (χ0n) is 22.5. The van der Waals surface area contributed by atoms with Gasteiger partial charge in [-0.25, -0.2) is 14.5 Å². The van der Waals surface area contributed by atoms with Crippen LogP contribution in [0.1, 0.15) is 93.3 Å². The fourth-order valence-electron chi connectivity index (χ4n) is 4.74. The summed E-state index contributed by atoms with van der Waals surface area (Å²) in [4.78, 5) is 21.3. The molecule has 3 aromatic rings. The van der Waals surface area contributed by atoms with Gasteiger partial charge in [-0.1, -0.05) is 39.8 Å². The predicted molar refractivity (Wildman–Crippen MR) is 141 cm³/mol. The summed E-state index contributed by atoms with van der Waals surface area (Å²) in [5.41, 5.74) is 4.61. The van der Waals surface area contributed by atoms with Crippen molar-refractivity contribution in [2.24, 2.45) is 0 Å². The first-order valence-electron chi connectivity index (χ1n) is 13.2. The second-order valence-corrected chi connectivity index (χ2v) is 11.8. The Bertz CT molecular complexity index is 1210. The van der Waals surface area contributed by atoms with E-state index in [2.05, 4.69) is 80.1 Å². The third-order valence-corrected chi connectivity index (χ3v) is 7.57. The summed E-state index contributed by atoms with van der Waals surface area (Å²) in [5.74, 6) is 3.08. The van der Waals surface area contributed by atoms with Crippen LogP contribution in [0.2, 0.25) is 0 Å². The van der Waals surface area contributed by atoms with Crippen LogP contribution in [0.25, 0.3) is 5.69 Å². The summed E-state index contributed by atoms with van der Waals surface area (Å²) in [6.07, 6.45) is 3.28. The molecule has 1 unspecified atom stereocenters. The van der Waals surface area contributed by atoms with Crippen LogP contribution >= 0.6 is 0 Å². The third-order valence-electron chi connectivity index (χ3n) is 7.57. The molecule has 1 aliphatic carbocycles. The maximum atomic E-state index is 12.9. The maximum Gasteiger partial charge on any atom is 0.319 e. The summed E-state index contributed by atoms with van der Waals surface area (Å²) >= 11 is 0. The van der Waals surface area contributed by atoms with Crippen molar-refractivity contribution in [1.82, 2.24) is 34.8 Å². The Morgan fingerprint density at radius 3 is 2.47 bits per heavy atom. The van der Waals surface area contributed by atoms with Crippen molar-refractivity contribution in [1.29, 1.82) is 0 Å². The lowest BCUT2D eigenvalue weighted by Crippen LogP contribution is -2.53. The molecule has 1 aromatic carbocycles. The van der Waals surface area contributed by atoms with Gasteiger partial charge in [0, 0.05) is 55.5 Å². The summed E-state index contributed by atoms with van der Waals surface area (Å²) in [5, 5.41) is 12.3. The fraction of sp³-hybridized carbons (Fsp3) is 0.571. The largest absolute Gasteiger partial charge is 0.328 e. The molecule has 5 rings (SSSR count). The molecule has 3 heterocycles. The number of urea groups is 1. The van der Waals surface area contributed by atoms with Gasteiger partial charge in [0.1, 0.15) is 5.82 Å². The highest BCUT2D eigenvalue weighted by atomic mass is 16.2. The van der Waals surface area contributed by atoms with E-state index in [9.17, 15) is 4.79 Å². The fourth-order valence-corrected chi connectivity index (χ4v) is 4.74. The normalized spacial score (nSPS) is 17.2. The molecular weight excluding hydrogens is 450 g/mol. The van der Waals surface area contributed by atoms with E-state index in [0.29, 0.717) is 18.4 Å². The second-order valence-electron chi connectivity index (χ2n) is 11.8. The van der Waals surface area contributed by atoms with Crippen molar-refractivity contribution in [3.8, 4) is 5.69 Å². The monoisotopic (exact) mass is 489 g/mol. The number of aromatic nitrogens is 5. The molecule has 36 heavy (non-hydrogen) atoms. The topological polar surface area (TPSA) is 82.9 Å². The van der Waals surface area contributed by atoms with Gasteiger partial charge in [0.05, 0.1) is 11.4 Å². The van der Waals surface area contributed by atoms with Crippen molar-refractivity contribution in [2.45, 2.75) is 77.0 Å². The van der Waals surface area contributed by atoms with E-state index < -0.39 is 0 Å². The maximum absolute atomic E-state index is 12.9. The first-order chi connectivity index (χ1) is 17.1. The minimum atomic E-state index is 0.0263. The van der Waals surface area contributed by atoms with Crippen LogP contribution in [0.5, 0.6) is 0 Å². The number of carbonyl (C=O) groups is 1. The van der Waals surface area contributed by atoms with E-state index in [1.54, 1.807) is 0 Å². The van der Waals surface area contributed by atoms with E-state index in [-0.39, 0.29) is 17.4 Å². The highest BCUT2D eigenvalue weighted by Gasteiger charge is 2.33. The molecule has 1 atom stereocenters. The van der Waals surface area contributed by atoms with Crippen molar-refractivity contribution in [3.05, 3.63) is 58.9 Å². The molecule has 8 nitrogen and oxygen atoms in total. The average molecular weight is 490 g/mol. The molecule has 1 saturated heterocycles. The summed E-state index contributed by atoms with van der Waals surface area (Å²) in [7, 11) is 1.89. The number of benzene rings is 1. The van der Waals surface area contributed by atoms with Crippen LogP contribution in [0.15, 0.2) is 30.3 Å². The lowest BCUT2D eigenvalue weighted by molar-refractivity contribution is 0.121. The summed E-state index contributed by atoms with van der Waals surface area (Å²) in [6, 6.07) is 10.9. The Kier molecular flexibility index (Phi) is 6.39. The molecule has 2 aliphatic rings. The number of amides is 2. The number of aromatic amines is 1. The molecule has 1 saturated carbocycles. The quantitative estimate of drug-likeness (QED) is 0.499. The second kappa shape index (κ2) is 9.37. The van der Waals surface area contributed by atoms with Gasteiger partial charge in [-0.05, 0) is 49.9 Å². The molecule has 0 spiro atoms. The number of carbonyl (C=O) groups excluding carboxylic acids is 1. The highest BCUT2D eigenvalue weighted by molar-refractivity contribution is 5.75. The molecule has 2 amide bonds. The molecule has 2 aromatic heterocycles. The molecule has 0 radical (unpaired) electrons. The highest BCUT2D eigenvalue weighted by Crippen LogP contribution is 2.38. The van der Waals surface area contributed by atoms with Crippen LogP contribution in [-0.2, 0) is 5.41 Å². The average Bonchev–Trinajstić information content (AvgIpc) is 3.39. The van der Waals surface area contributed by atoms with Crippen LogP contribution in [0, 0.1) is 6.92 Å². The Hall–Kier alpha value is -3.16. The smallest absolute Gasteiger partial charge is 0.319 e. The van der Waals surface area contributed by atoms with Crippen LogP contribution in [0.4, 0.5) is 4.79 Å². The number of aryl methyl sites for hydroxylation is 1. The van der Waals surface area contributed by atoms with Crippen LogP contribution in [-0.4, -0.2) is 67.5 Å². The van der Waals surface area contributed by atoms with Gasteiger partial charge < -0.3 is 9.80 Å². The lowest BCUT2D eigenvalue weighted by Gasteiger charge is -2.41. The van der Waals surface area contributed by atoms with Crippen molar-refractivity contribution in [3.63, 3.8) is 0 Å². The standard InChI is InChI=1S/C28H39N7O/c1-18(25-29-26(31-30-25)21-7-8-21)13-14-33(6)27(36)34-16-22(17-34)20-9-11-23(12-10-20)35-19(2)15-24(32-35)28(3,4)5/h9-12,15,18,21-22H,7-8,13-14,16-17H2,1-6H3,(H,29,30,31). The number of H-pyrrole nitrogens is 1. The number of hydrogen-bond acceptors (Lipinski definition) is 4. The van der Waals surface area contributed by atoms with Gasteiger partial charge in [-0.2, -0.15) is 10.2 Å². The van der Waals surface area contributed by atoms with Gasteiger partial charge in [0.2, 0.25) is 0 Å². The Morgan fingerprint density at radius 1 is 1.17 bits per heavy atom. The molecule has 2 fully saturated rings. The Balaban J connectivity index is 1.11. The van der Waals surface area contributed by atoms with Crippen molar-refractivity contribution in [2.75, 3.05) is 26.7 Å². The summed E-state index contributed by atoms with van der Waals surface area (Å²) in [6.45, 7) is 13.0. The predicted octanol–water partition coefficient (Wildman–Crippen LogP) is 5.12. The number of nitrogens with one attached hydrogen (secondary N) is 1. The first kappa shape index (κ1) is 24.5. The van der Waals surface area contributed by atoms with E-state index in [1.165, 1.54) is 18.4 Å². The molecule has 8 heteroatoms.